The molecule has 3 N–H and O–H groups in total. The predicted octanol–water partition coefficient (Wildman–Crippen LogP) is 5.84. The van der Waals surface area contributed by atoms with Crippen LogP contribution in [0, 0.1) is 5.82 Å². The number of hydrogen-bond acceptors (Lipinski definition) is 3. The molecule has 158 valence electrons. The molecule has 1 saturated carbocycles. The Morgan fingerprint density at radius 2 is 1.97 bits per heavy atom. The van der Waals surface area contributed by atoms with Gasteiger partial charge in [-0.15, -0.1) is 0 Å². The minimum absolute atomic E-state index is 0.0574. The molecule has 6 heteroatoms. The van der Waals surface area contributed by atoms with E-state index in [2.05, 4.69) is 4.98 Å². The van der Waals surface area contributed by atoms with Crippen LogP contribution in [-0.2, 0) is 0 Å². The van der Waals surface area contributed by atoms with Crippen molar-refractivity contribution in [2.75, 3.05) is 0 Å². The highest BCUT2D eigenvalue weighted by atomic mass is 35.5. The van der Waals surface area contributed by atoms with Gasteiger partial charge in [-0.1, -0.05) is 24.6 Å². The zero-order valence-electron chi connectivity index (χ0n) is 17.0. The summed E-state index contributed by atoms with van der Waals surface area (Å²) in [6.45, 7) is 2.02. The minimum atomic E-state index is -0.237. The van der Waals surface area contributed by atoms with Crippen LogP contribution < -0.4 is 16.0 Å². The van der Waals surface area contributed by atoms with Gasteiger partial charge in [0.05, 0.1) is 11.1 Å². The molecule has 0 unspecified atom stereocenters. The highest BCUT2D eigenvalue weighted by Gasteiger charge is 2.27. The fourth-order valence-electron chi connectivity index (χ4n) is 4.41. The van der Waals surface area contributed by atoms with Gasteiger partial charge in [0.25, 0.3) is 5.56 Å². The third-order valence-corrected chi connectivity index (χ3v) is 6.42. The van der Waals surface area contributed by atoms with Gasteiger partial charge in [0.2, 0.25) is 0 Å². The monoisotopic (exact) mass is 428 g/mol. The number of aromatic nitrogens is 1. The van der Waals surface area contributed by atoms with Gasteiger partial charge in [0, 0.05) is 17.6 Å². The first kappa shape index (κ1) is 20.9. The van der Waals surface area contributed by atoms with Crippen molar-refractivity contribution in [1.29, 1.82) is 0 Å². The van der Waals surface area contributed by atoms with Crippen molar-refractivity contribution in [3.8, 4) is 5.75 Å². The highest BCUT2D eigenvalue weighted by molar-refractivity contribution is 6.32. The number of halogens is 2. The van der Waals surface area contributed by atoms with E-state index in [0.29, 0.717) is 22.1 Å². The fourth-order valence-corrected chi connectivity index (χ4v) is 4.62. The molecule has 4 rings (SSSR count). The van der Waals surface area contributed by atoms with Gasteiger partial charge in [0.15, 0.2) is 0 Å². The van der Waals surface area contributed by atoms with Gasteiger partial charge in [-0.05, 0) is 84.9 Å². The number of H-pyrrole nitrogens is 1. The first-order valence-corrected chi connectivity index (χ1v) is 10.9. The van der Waals surface area contributed by atoms with Gasteiger partial charge in [-0.3, -0.25) is 4.79 Å². The molecule has 0 amide bonds. The molecule has 0 radical (unpaired) electrons. The standard InChI is InChI=1S/C24H26ClFN2O2/c1-2-22(27)20-12-16(26)5-8-18(20)14-3-6-17(7-4-14)30-23-11-15-9-10-28-24(29)19(15)13-21(23)25/h5,8-14,17,22H,2-4,6-7,27H2,1H3,(H,28,29)/t14?,17?,22-/m1/s1. The SMILES string of the molecule is CC[C@@H](N)c1cc(F)ccc1C1CCC(Oc2cc3cc[nH]c(=O)c3cc2Cl)CC1. The maximum absolute atomic E-state index is 13.8. The number of hydrogen-bond donors (Lipinski definition) is 2. The van der Waals surface area contributed by atoms with Crippen molar-refractivity contribution in [3.63, 3.8) is 0 Å². The fraction of sp³-hybridized carbons (Fsp3) is 0.375. The minimum Gasteiger partial charge on any atom is -0.489 e. The topological polar surface area (TPSA) is 68.1 Å². The Morgan fingerprint density at radius 3 is 2.70 bits per heavy atom. The van der Waals surface area contributed by atoms with Crippen molar-refractivity contribution in [2.45, 2.75) is 57.1 Å². The van der Waals surface area contributed by atoms with Crippen LogP contribution in [-0.4, -0.2) is 11.1 Å². The van der Waals surface area contributed by atoms with Gasteiger partial charge < -0.3 is 15.5 Å². The Hall–Kier alpha value is -2.37. The third kappa shape index (κ3) is 4.23. The van der Waals surface area contributed by atoms with Crippen LogP contribution in [0.15, 0.2) is 47.4 Å². The molecule has 4 nitrogen and oxygen atoms in total. The summed E-state index contributed by atoms with van der Waals surface area (Å²) in [5.41, 5.74) is 8.16. The Kier molecular flexibility index (Phi) is 6.11. The van der Waals surface area contributed by atoms with Crippen LogP contribution in [0.2, 0.25) is 5.02 Å². The molecule has 1 heterocycles. The largest absolute Gasteiger partial charge is 0.489 e. The lowest BCUT2D eigenvalue weighted by atomic mass is 9.79. The van der Waals surface area contributed by atoms with Crippen LogP contribution in [0.1, 0.15) is 62.1 Å². The van der Waals surface area contributed by atoms with E-state index in [1.54, 1.807) is 18.3 Å². The number of fused-ring (bicyclic) bond motifs is 1. The van der Waals surface area contributed by atoms with E-state index in [1.165, 1.54) is 6.07 Å². The summed E-state index contributed by atoms with van der Waals surface area (Å²) in [6, 6.07) is 10.2. The van der Waals surface area contributed by atoms with Crippen LogP contribution in [0.5, 0.6) is 5.75 Å². The van der Waals surface area contributed by atoms with E-state index in [4.69, 9.17) is 22.1 Å². The Balaban J connectivity index is 1.48. The molecule has 0 spiro atoms. The molecule has 0 saturated heterocycles. The van der Waals surface area contributed by atoms with Gasteiger partial charge in [0.1, 0.15) is 11.6 Å². The molecular formula is C24H26ClFN2O2. The quantitative estimate of drug-likeness (QED) is 0.536. The molecule has 1 aromatic heterocycles. The van der Waals surface area contributed by atoms with Gasteiger partial charge in [-0.2, -0.15) is 0 Å². The second-order valence-corrected chi connectivity index (χ2v) is 8.46. The average molecular weight is 429 g/mol. The normalized spacial score (nSPS) is 20.3. The van der Waals surface area contributed by atoms with Crippen molar-refractivity contribution in [2.24, 2.45) is 5.73 Å². The summed E-state index contributed by atoms with van der Waals surface area (Å²) >= 11 is 6.38. The van der Waals surface area contributed by atoms with E-state index < -0.39 is 0 Å². The number of rotatable bonds is 5. The van der Waals surface area contributed by atoms with E-state index in [-0.39, 0.29) is 23.5 Å². The van der Waals surface area contributed by atoms with E-state index >= 15 is 0 Å². The smallest absolute Gasteiger partial charge is 0.255 e. The molecular weight excluding hydrogens is 403 g/mol. The van der Waals surface area contributed by atoms with Crippen LogP contribution in [0.3, 0.4) is 0 Å². The number of benzene rings is 2. The summed E-state index contributed by atoms with van der Waals surface area (Å²) in [5.74, 6) is 0.719. The Morgan fingerprint density at radius 1 is 1.20 bits per heavy atom. The first-order chi connectivity index (χ1) is 14.5. The summed E-state index contributed by atoms with van der Waals surface area (Å²) in [5, 5.41) is 1.79. The Labute approximate surface area is 180 Å². The summed E-state index contributed by atoms with van der Waals surface area (Å²) < 4.78 is 20.0. The van der Waals surface area contributed by atoms with Crippen LogP contribution in [0.4, 0.5) is 4.39 Å². The number of ether oxygens (including phenoxy) is 1. The summed E-state index contributed by atoms with van der Waals surface area (Å²) in [6.07, 6.45) is 6.11. The highest BCUT2D eigenvalue weighted by Crippen LogP contribution is 2.39. The third-order valence-electron chi connectivity index (χ3n) is 6.12. The maximum atomic E-state index is 13.8. The molecule has 1 aliphatic carbocycles. The summed E-state index contributed by atoms with van der Waals surface area (Å²) in [7, 11) is 0. The molecule has 30 heavy (non-hydrogen) atoms. The first-order valence-electron chi connectivity index (χ1n) is 10.5. The van der Waals surface area contributed by atoms with Crippen molar-refractivity contribution in [3.05, 3.63) is 74.9 Å². The lowest BCUT2D eigenvalue weighted by molar-refractivity contribution is 0.146. The maximum Gasteiger partial charge on any atom is 0.255 e. The molecule has 0 aliphatic heterocycles. The number of aromatic amines is 1. The Bertz CT molecular complexity index is 1110. The van der Waals surface area contributed by atoms with Gasteiger partial charge >= 0.3 is 0 Å². The second-order valence-electron chi connectivity index (χ2n) is 8.06. The lowest BCUT2D eigenvalue weighted by Gasteiger charge is -2.31. The molecule has 1 aliphatic rings. The number of nitrogens with two attached hydrogens (primary N) is 1. The molecule has 2 aromatic carbocycles. The second kappa shape index (κ2) is 8.78. The number of pyridine rings is 1. The molecule has 1 atom stereocenters. The zero-order chi connectivity index (χ0) is 21.3. The molecule has 1 fully saturated rings. The lowest BCUT2D eigenvalue weighted by Crippen LogP contribution is -2.24. The van der Waals surface area contributed by atoms with Crippen LogP contribution in [0.25, 0.3) is 10.8 Å². The van der Waals surface area contributed by atoms with Crippen LogP contribution >= 0.6 is 11.6 Å². The van der Waals surface area contributed by atoms with Crippen molar-refractivity contribution < 1.29 is 9.13 Å². The van der Waals surface area contributed by atoms with E-state index in [1.807, 2.05) is 25.1 Å². The molecule has 3 aromatic rings. The summed E-state index contributed by atoms with van der Waals surface area (Å²) in [4.78, 5) is 14.6. The van der Waals surface area contributed by atoms with Gasteiger partial charge in [-0.25, -0.2) is 4.39 Å². The average Bonchev–Trinajstić information content (AvgIpc) is 2.75. The number of nitrogens with one attached hydrogen (secondary N) is 1. The predicted molar refractivity (Wildman–Crippen MR) is 119 cm³/mol. The zero-order valence-corrected chi connectivity index (χ0v) is 17.7. The van der Waals surface area contributed by atoms with E-state index in [0.717, 1.165) is 48.6 Å². The van der Waals surface area contributed by atoms with Crippen molar-refractivity contribution >= 4 is 22.4 Å². The van der Waals surface area contributed by atoms with Crippen molar-refractivity contribution in [1.82, 2.24) is 4.98 Å². The molecule has 0 bridgehead atoms. The van der Waals surface area contributed by atoms with E-state index in [9.17, 15) is 9.18 Å².